The molecule has 6 heteroatoms. The van der Waals surface area contributed by atoms with Crippen LogP contribution in [0.5, 0.6) is 0 Å². The normalized spacial score (nSPS) is 10.0. The summed E-state index contributed by atoms with van der Waals surface area (Å²) in [7, 11) is 1.53. The number of nitrogen functional groups attached to an aromatic ring is 1. The van der Waals surface area contributed by atoms with Gasteiger partial charge in [-0.1, -0.05) is 12.1 Å². The molecule has 2 rings (SSSR count). The van der Waals surface area contributed by atoms with Crippen LogP contribution in [0.25, 0.3) is 0 Å². The lowest BCUT2D eigenvalue weighted by Gasteiger charge is -2.20. The molecule has 0 aliphatic rings. The maximum absolute atomic E-state index is 13.7. The quantitative estimate of drug-likeness (QED) is 0.901. The van der Waals surface area contributed by atoms with Gasteiger partial charge in [0.2, 0.25) is 0 Å². The summed E-state index contributed by atoms with van der Waals surface area (Å²) in [6.07, 6.45) is 0. The topological polar surface area (TPSA) is 65.9 Å². The first-order valence-corrected chi connectivity index (χ1v) is 5.39. The van der Waals surface area contributed by atoms with E-state index in [0.717, 1.165) is 0 Å². The van der Waals surface area contributed by atoms with Crippen molar-refractivity contribution in [1.82, 2.24) is 4.98 Å². The van der Waals surface area contributed by atoms with Crippen LogP contribution < -0.4 is 10.6 Å². The third kappa shape index (κ3) is 2.31. The van der Waals surface area contributed by atoms with Gasteiger partial charge in [-0.05, 0) is 12.1 Å². The smallest absolute Gasteiger partial charge is 0.171 e. The lowest BCUT2D eigenvalue weighted by Crippen LogP contribution is -2.15. The number of rotatable bonds is 2. The van der Waals surface area contributed by atoms with Gasteiger partial charge in [0.15, 0.2) is 23.3 Å². The summed E-state index contributed by atoms with van der Waals surface area (Å²) in [5, 5.41) is 9.01. The van der Waals surface area contributed by atoms with Crippen molar-refractivity contribution < 1.29 is 8.78 Å². The zero-order valence-corrected chi connectivity index (χ0v) is 10.1. The van der Waals surface area contributed by atoms with E-state index >= 15 is 0 Å². The number of nitrogens with two attached hydrogens (primary N) is 1. The molecule has 1 aromatic carbocycles. The summed E-state index contributed by atoms with van der Waals surface area (Å²) in [6, 6.07) is 9.30. The second-order valence-electron chi connectivity index (χ2n) is 3.85. The van der Waals surface area contributed by atoms with Gasteiger partial charge in [0, 0.05) is 13.1 Å². The van der Waals surface area contributed by atoms with Crippen LogP contribution >= 0.6 is 0 Å². The molecule has 96 valence electrons. The Kier molecular flexibility index (Phi) is 3.29. The van der Waals surface area contributed by atoms with Crippen LogP contribution in [0.2, 0.25) is 0 Å². The van der Waals surface area contributed by atoms with Gasteiger partial charge in [0.1, 0.15) is 6.07 Å². The Morgan fingerprint density at radius 1 is 1.26 bits per heavy atom. The van der Waals surface area contributed by atoms with Crippen molar-refractivity contribution in [3.05, 3.63) is 47.5 Å². The predicted molar refractivity (Wildman–Crippen MR) is 67.8 cm³/mol. The number of hydrogen-bond donors (Lipinski definition) is 1. The second kappa shape index (κ2) is 4.90. The molecule has 0 spiro atoms. The van der Waals surface area contributed by atoms with Crippen LogP contribution in [-0.2, 0) is 0 Å². The highest BCUT2D eigenvalue weighted by molar-refractivity contribution is 5.67. The van der Waals surface area contributed by atoms with Crippen LogP contribution in [0.4, 0.5) is 26.1 Å². The molecule has 1 heterocycles. The molecule has 1 aromatic heterocycles. The van der Waals surface area contributed by atoms with E-state index in [0.29, 0.717) is 17.3 Å². The fourth-order valence-electron chi connectivity index (χ4n) is 1.68. The highest BCUT2D eigenvalue weighted by Gasteiger charge is 2.16. The Bertz CT molecular complexity index is 664. The number of nitrogens with zero attached hydrogens (tertiary/aromatic N) is 3. The minimum absolute atomic E-state index is 0.137. The molecule has 0 radical (unpaired) electrons. The first kappa shape index (κ1) is 12.8. The number of aromatic nitrogens is 1. The summed E-state index contributed by atoms with van der Waals surface area (Å²) in [5.41, 5.74) is 6.15. The average molecular weight is 260 g/mol. The Balaban J connectivity index is 2.54. The van der Waals surface area contributed by atoms with Crippen LogP contribution in [0.15, 0.2) is 30.3 Å². The summed E-state index contributed by atoms with van der Waals surface area (Å²) in [4.78, 5) is 5.02. The van der Waals surface area contributed by atoms with E-state index in [4.69, 9.17) is 11.0 Å². The summed E-state index contributed by atoms with van der Waals surface area (Å²) in [5.74, 6) is -2.29. The summed E-state index contributed by atoms with van der Waals surface area (Å²) in [6.45, 7) is 0. The van der Waals surface area contributed by atoms with Crippen molar-refractivity contribution in [2.45, 2.75) is 0 Å². The Morgan fingerprint density at radius 2 is 1.95 bits per heavy atom. The number of pyridine rings is 1. The Morgan fingerprint density at radius 3 is 2.63 bits per heavy atom. The minimum Gasteiger partial charge on any atom is -0.381 e. The lowest BCUT2D eigenvalue weighted by atomic mass is 10.2. The number of benzene rings is 1. The van der Waals surface area contributed by atoms with Crippen molar-refractivity contribution in [2.24, 2.45) is 0 Å². The Labute approximate surface area is 108 Å². The third-order valence-corrected chi connectivity index (χ3v) is 2.64. The van der Waals surface area contributed by atoms with E-state index in [1.54, 1.807) is 24.3 Å². The maximum atomic E-state index is 13.7. The molecular formula is C13H10F2N4. The first-order chi connectivity index (χ1) is 9.04. The number of anilines is 3. The SMILES string of the molecule is CN(c1ccccc1C#N)c1nc(N)c(F)cc1F. The van der Waals surface area contributed by atoms with E-state index < -0.39 is 17.5 Å². The molecule has 2 aromatic rings. The first-order valence-electron chi connectivity index (χ1n) is 5.39. The fourth-order valence-corrected chi connectivity index (χ4v) is 1.68. The van der Waals surface area contributed by atoms with E-state index in [-0.39, 0.29) is 5.82 Å². The zero-order valence-electron chi connectivity index (χ0n) is 10.1. The van der Waals surface area contributed by atoms with Crippen molar-refractivity contribution in [3.63, 3.8) is 0 Å². The molecule has 0 aliphatic carbocycles. The van der Waals surface area contributed by atoms with Gasteiger partial charge in [0.25, 0.3) is 0 Å². The molecule has 0 atom stereocenters. The van der Waals surface area contributed by atoms with Gasteiger partial charge in [-0.15, -0.1) is 0 Å². The number of nitriles is 1. The molecule has 19 heavy (non-hydrogen) atoms. The van der Waals surface area contributed by atoms with E-state index in [2.05, 4.69) is 4.98 Å². The molecular weight excluding hydrogens is 250 g/mol. The largest absolute Gasteiger partial charge is 0.381 e. The highest BCUT2D eigenvalue weighted by Crippen LogP contribution is 2.28. The molecule has 4 nitrogen and oxygen atoms in total. The lowest BCUT2D eigenvalue weighted by molar-refractivity contribution is 0.577. The van der Waals surface area contributed by atoms with Crippen molar-refractivity contribution in [1.29, 1.82) is 5.26 Å². The van der Waals surface area contributed by atoms with Crippen molar-refractivity contribution in [3.8, 4) is 6.07 Å². The monoisotopic (exact) mass is 260 g/mol. The van der Waals surface area contributed by atoms with Gasteiger partial charge in [-0.2, -0.15) is 5.26 Å². The number of para-hydroxylation sites is 1. The van der Waals surface area contributed by atoms with Gasteiger partial charge < -0.3 is 10.6 Å². The van der Waals surface area contributed by atoms with Crippen molar-refractivity contribution >= 4 is 17.3 Å². The van der Waals surface area contributed by atoms with E-state index in [9.17, 15) is 8.78 Å². The van der Waals surface area contributed by atoms with Crippen molar-refractivity contribution in [2.75, 3.05) is 17.7 Å². The second-order valence-corrected chi connectivity index (χ2v) is 3.85. The van der Waals surface area contributed by atoms with Gasteiger partial charge in [-0.3, -0.25) is 0 Å². The minimum atomic E-state index is -0.914. The average Bonchev–Trinajstić information content (AvgIpc) is 2.42. The highest BCUT2D eigenvalue weighted by atomic mass is 19.1. The zero-order chi connectivity index (χ0) is 14.0. The molecule has 0 aliphatic heterocycles. The summed E-state index contributed by atoms with van der Waals surface area (Å²) < 4.78 is 26.8. The maximum Gasteiger partial charge on any atom is 0.171 e. The van der Waals surface area contributed by atoms with Gasteiger partial charge in [-0.25, -0.2) is 13.8 Å². The molecule has 0 saturated heterocycles. The van der Waals surface area contributed by atoms with Crippen LogP contribution in [0, 0.1) is 23.0 Å². The molecule has 0 fully saturated rings. The fraction of sp³-hybridized carbons (Fsp3) is 0.0769. The third-order valence-electron chi connectivity index (χ3n) is 2.64. The Hall–Kier alpha value is -2.68. The molecule has 0 saturated carbocycles. The number of hydrogen-bond acceptors (Lipinski definition) is 4. The predicted octanol–water partition coefficient (Wildman–Crippen LogP) is 2.58. The van der Waals surface area contributed by atoms with E-state index in [1.165, 1.54) is 11.9 Å². The van der Waals surface area contributed by atoms with Gasteiger partial charge in [0.05, 0.1) is 11.3 Å². The molecule has 0 bridgehead atoms. The molecule has 0 amide bonds. The van der Waals surface area contributed by atoms with E-state index in [1.807, 2.05) is 6.07 Å². The van der Waals surface area contributed by atoms with Crippen LogP contribution in [0.3, 0.4) is 0 Å². The molecule has 0 unspecified atom stereocenters. The standard InChI is InChI=1S/C13H10F2N4/c1-19(11-5-3-2-4-8(11)7-16)13-10(15)6-9(14)12(17)18-13/h2-6H,1H3,(H2,17,18). The molecule has 2 N–H and O–H groups in total. The van der Waals surface area contributed by atoms with Gasteiger partial charge >= 0.3 is 0 Å². The summed E-state index contributed by atoms with van der Waals surface area (Å²) >= 11 is 0. The number of halogens is 2. The van der Waals surface area contributed by atoms with Crippen LogP contribution in [0.1, 0.15) is 5.56 Å². The van der Waals surface area contributed by atoms with Crippen LogP contribution in [-0.4, -0.2) is 12.0 Å².